The minimum Gasteiger partial charge on any atom is -0.478 e. The van der Waals surface area contributed by atoms with Crippen molar-refractivity contribution in [2.45, 2.75) is 26.7 Å². The molecule has 5 nitrogen and oxygen atoms in total. The van der Waals surface area contributed by atoms with Gasteiger partial charge in [-0.15, -0.1) is 10.5 Å². The molecular formula is C11H14ClN4O. The second-order valence-corrected chi connectivity index (χ2v) is 4.15. The van der Waals surface area contributed by atoms with Crippen molar-refractivity contribution in [3.63, 3.8) is 0 Å². The van der Waals surface area contributed by atoms with E-state index >= 15 is 0 Å². The molecule has 17 heavy (non-hydrogen) atoms. The van der Waals surface area contributed by atoms with E-state index in [0.29, 0.717) is 16.8 Å². The van der Waals surface area contributed by atoms with Gasteiger partial charge in [0, 0.05) is 5.69 Å². The van der Waals surface area contributed by atoms with Crippen molar-refractivity contribution < 1.29 is 4.74 Å². The molecule has 0 amide bonds. The van der Waals surface area contributed by atoms with Gasteiger partial charge in [0.1, 0.15) is 0 Å². The number of hydrogen-bond acceptors (Lipinski definition) is 3. The van der Waals surface area contributed by atoms with Crippen molar-refractivity contribution in [1.82, 2.24) is 15.2 Å². The summed E-state index contributed by atoms with van der Waals surface area (Å²) in [6.45, 7) is 4.09. The third-order valence-electron chi connectivity index (χ3n) is 2.48. The van der Waals surface area contributed by atoms with Gasteiger partial charge in [0.25, 0.3) is 5.88 Å². The van der Waals surface area contributed by atoms with Crippen molar-refractivity contribution >= 4 is 22.5 Å². The van der Waals surface area contributed by atoms with Gasteiger partial charge in [0.15, 0.2) is 10.9 Å². The van der Waals surface area contributed by atoms with Crippen LogP contribution in [0.4, 0.5) is 0 Å². The number of aromatic nitrogens is 2. The molecule has 0 bridgehead atoms. The third-order valence-corrected chi connectivity index (χ3v) is 2.73. The van der Waals surface area contributed by atoms with Gasteiger partial charge in [-0.2, -0.15) is 5.10 Å². The van der Waals surface area contributed by atoms with Crippen LogP contribution in [0.2, 0.25) is 0 Å². The van der Waals surface area contributed by atoms with Crippen LogP contribution in [0.25, 0.3) is 5.70 Å². The van der Waals surface area contributed by atoms with Crippen molar-refractivity contribution in [1.29, 1.82) is 0 Å². The first-order chi connectivity index (χ1) is 8.17. The Morgan fingerprint density at radius 3 is 2.88 bits per heavy atom. The second-order valence-electron chi connectivity index (χ2n) is 3.79. The zero-order valence-corrected chi connectivity index (χ0v) is 10.8. The van der Waals surface area contributed by atoms with E-state index in [4.69, 9.17) is 16.3 Å². The van der Waals surface area contributed by atoms with Crippen molar-refractivity contribution in [2.75, 3.05) is 7.11 Å². The fourth-order valence-corrected chi connectivity index (χ4v) is 1.93. The fourth-order valence-electron chi connectivity index (χ4n) is 1.73. The van der Waals surface area contributed by atoms with Crippen LogP contribution in [0.3, 0.4) is 0 Å². The third kappa shape index (κ3) is 2.15. The summed E-state index contributed by atoms with van der Waals surface area (Å²) in [5.41, 5.74) is 6.47. The Morgan fingerprint density at radius 1 is 1.47 bits per heavy atom. The number of methoxy groups -OCH3 is 1. The maximum Gasteiger partial charge on any atom is 0.262 e. The van der Waals surface area contributed by atoms with E-state index in [0.717, 1.165) is 24.2 Å². The summed E-state index contributed by atoms with van der Waals surface area (Å²) >= 11 is 6.00. The number of halogens is 1. The van der Waals surface area contributed by atoms with E-state index in [1.165, 1.54) is 7.11 Å². The second kappa shape index (κ2) is 4.79. The lowest BCUT2D eigenvalue weighted by atomic mass is 10.2. The van der Waals surface area contributed by atoms with Gasteiger partial charge in [-0.1, -0.05) is 24.9 Å². The van der Waals surface area contributed by atoms with Crippen molar-refractivity contribution in [3.05, 3.63) is 23.3 Å². The molecule has 0 aliphatic carbocycles. The molecular weight excluding hydrogens is 240 g/mol. The smallest absolute Gasteiger partial charge is 0.262 e. The van der Waals surface area contributed by atoms with E-state index < -0.39 is 0 Å². The Morgan fingerprint density at radius 2 is 2.24 bits per heavy atom. The Labute approximate surface area is 105 Å². The molecule has 0 spiro atoms. The zero-order chi connectivity index (χ0) is 12.4. The summed E-state index contributed by atoms with van der Waals surface area (Å²) in [5, 5.41) is 8.58. The van der Waals surface area contributed by atoms with Gasteiger partial charge < -0.3 is 4.74 Å². The van der Waals surface area contributed by atoms with E-state index in [1.54, 1.807) is 4.68 Å². The number of rotatable bonds is 4. The monoisotopic (exact) mass is 253 g/mol. The summed E-state index contributed by atoms with van der Waals surface area (Å²) in [4.78, 5) is 0. The molecule has 2 rings (SSSR count). The Kier molecular flexibility index (Phi) is 3.38. The molecule has 1 aromatic heterocycles. The highest BCUT2D eigenvalue weighted by molar-refractivity contribution is 6.75. The Hall–Kier alpha value is -1.49. The van der Waals surface area contributed by atoms with Gasteiger partial charge in [-0.05, 0) is 19.4 Å². The lowest BCUT2D eigenvalue weighted by Gasteiger charge is -2.05. The lowest BCUT2D eigenvalue weighted by Crippen LogP contribution is -2.09. The van der Waals surface area contributed by atoms with E-state index in [-0.39, 0.29) is 0 Å². The molecule has 1 aromatic rings. The predicted octanol–water partition coefficient (Wildman–Crippen LogP) is 2.09. The molecule has 1 aliphatic heterocycles. The first kappa shape index (κ1) is 12.0. The zero-order valence-electron chi connectivity index (χ0n) is 10.1. The maximum atomic E-state index is 6.00. The first-order valence-corrected chi connectivity index (χ1v) is 5.84. The van der Waals surface area contributed by atoms with Crippen LogP contribution >= 0.6 is 11.6 Å². The van der Waals surface area contributed by atoms with Crippen LogP contribution in [-0.2, 0) is 11.2 Å². The first-order valence-electron chi connectivity index (χ1n) is 5.46. The lowest BCUT2D eigenvalue weighted by molar-refractivity contribution is 0.265. The average Bonchev–Trinajstić information content (AvgIpc) is 2.82. The average molecular weight is 254 g/mol. The van der Waals surface area contributed by atoms with Crippen molar-refractivity contribution in [3.8, 4) is 0 Å². The summed E-state index contributed by atoms with van der Waals surface area (Å²) in [5.74, 6) is 0.393. The molecule has 1 radical (unpaired) electrons. The van der Waals surface area contributed by atoms with Crippen LogP contribution < -0.4 is 5.43 Å². The van der Waals surface area contributed by atoms with Crippen LogP contribution in [-0.4, -0.2) is 22.1 Å². The van der Waals surface area contributed by atoms with Gasteiger partial charge in [-0.3, -0.25) is 0 Å². The van der Waals surface area contributed by atoms with Crippen LogP contribution in [0.15, 0.2) is 17.1 Å². The highest BCUT2D eigenvalue weighted by Gasteiger charge is 2.25. The molecule has 0 saturated carbocycles. The van der Waals surface area contributed by atoms with Gasteiger partial charge in [-0.25, -0.2) is 4.68 Å². The number of hydrogen-bond donors (Lipinski definition) is 0. The van der Waals surface area contributed by atoms with Crippen LogP contribution in [0.1, 0.15) is 24.7 Å². The molecule has 1 aliphatic rings. The molecule has 0 atom stereocenters. The van der Waals surface area contributed by atoms with Crippen molar-refractivity contribution in [2.24, 2.45) is 5.10 Å². The molecule has 2 heterocycles. The number of ether oxygens (including phenoxy) is 1. The highest BCUT2D eigenvalue weighted by atomic mass is 35.5. The Bertz CT molecular complexity index is 490. The molecule has 6 heteroatoms. The molecule has 0 fully saturated rings. The topological polar surface area (TPSA) is 53.5 Å². The SMILES string of the molecule is CCCc1cc(C)n(C2=C(OC)[N]N=C2Cl)n1. The number of allylic oxidation sites excluding steroid dienone is 1. The molecule has 0 aromatic carbocycles. The van der Waals surface area contributed by atoms with E-state index in [2.05, 4.69) is 22.5 Å². The molecule has 0 saturated heterocycles. The normalized spacial score (nSPS) is 14.9. The largest absolute Gasteiger partial charge is 0.478 e. The maximum absolute atomic E-state index is 6.00. The highest BCUT2D eigenvalue weighted by Crippen LogP contribution is 2.22. The number of aryl methyl sites for hydroxylation is 2. The molecule has 0 unspecified atom stereocenters. The number of nitrogens with zero attached hydrogens (tertiary/aromatic N) is 4. The summed E-state index contributed by atoms with van der Waals surface area (Å²) < 4.78 is 6.85. The predicted molar refractivity (Wildman–Crippen MR) is 66.6 cm³/mol. The van der Waals surface area contributed by atoms with E-state index in [9.17, 15) is 0 Å². The van der Waals surface area contributed by atoms with Crippen LogP contribution in [0, 0.1) is 6.92 Å². The molecule has 0 N–H and O–H groups in total. The molecule has 91 valence electrons. The van der Waals surface area contributed by atoms with Gasteiger partial charge in [0.2, 0.25) is 0 Å². The minimum absolute atomic E-state index is 0.302. The van der Waals surface area contributed by atoms with Crippen LogP contribution in [0.5, 0.6) is 0 Å². The summed E-state index contributed by atoms with van der Waals surface area (Å²) in [7, 11) is 1.54. The van der Waals surface area contributed by atoms with E-state index in [1.807, 2.05) is 13.0 Å². The standard InChI is InChI=1S/C11H14ClN4O/c1-4-5-8-6-7(2)16(15-8)9-10(12)13-14-11(9)17-3/h6H,4-5H2,1-3H3. The Balaban J connectivity index is 2.42. The minimum atomic E-state index is 0.302. The summed E-state index contributed by atoms with van der Waals surface area (Å²) in [6.07, 6.45) is 1.99. The quantitative estimate of drug-likeness (QED) is 0.825. The summed E-state index contributed by atoms with van der Waals surface area (Å²) in [6, 6.07) is 2.03. The van der Waals surface area contributed by atoms with Gasteiger partial charge >= 0.3 is 0 Å². The fraction of sp³-hybridized carbons (Fsp3) is 0.455. The van der Waals surface area contributed by atoms with Gasteiger partial charge in [0.05, 0.1) is 12.8 Å².